The minimum absolute atomic E-state index is 0.175. The Kier molecular flexibility index (Phi) is 5.34. The van der Waals surface area contributed by atoms with Crippen LogP contribution in [0.25, 0.3) is 11.0 Å². The number of amides is 1. The molecule has 0 radical (unpaired) electrons. The van der Waals surface area contributed by atoms with Crippen molar-refractivity contribution in [2.75, 3.05) is 18.0 Å². The van der Waals surface area contributed by atoms with Gasteiger partial charge in [-0.05, 0) is 51.0 Å². The molecule has 150 valence electrons. The molecule has 0 saturated carbocycles. The number of pyridine rings is 2. The van der Waals surface area contributed by atoms with E-state index in [9.17, 15) is 9.59 Å². The third-order valence-electron chi connectivity index (χ3n) is 5.61. The Bertz CT molecular complexity index is 1090. The van der Waals surface area contributed by atoms with E-state index in [0.717, 1.165) is 25.1 Å². The number of hydrogen-bond donors (Lipinski definition) is 1. The number of aromatic nitrogens is 2. The van der Waals surface area contributed by atoms with Gasteiger partial charge in [-0.3, -0.25) is 9.59 Å². The predicted molar refractivity (Wildman–Crippen MR) is 116 cm³/mol. The number of hydrogen-bond acceptors (Lipinski definition) is 4. The van der Waals surface area contributed by atoms with E-state index in [1.807, 2.05) is 42.7 Å². The van der Waals surface area contributed by atoms with Crippen LogP contribution in [-0.2, 0) is 6.54 Å². The molecule has 1 amide bonds. The van der Waals surface area contributed by atoms with Crippen molar-refractivity contribution in [2.45, 2.75) is 39.3 Å². The number of aryl methyl sites for hydroxylation is 2. The van der Waals surface area contributed by atoms with Crippen LogP contribution in [0.5, 0.6) is 0 Å². The van der Waals surface area contributed by atoms with Gasteiger partial charge >= 0.3 is 0 Å². The highest BCUT2D eigenvalue weighted by Crippen LogP contribution is 2.24. The third-order valence-corrected chi connectivity index (χ3v) is 5.61. The van der Waals surface area contributed by atoms with Gasteiger partial charge in [0.25, 0.3) is 5.91 Å². The van der Waals surface area contributed by atoms with Crippen LogP contribution in [0.4, 0.5) is 5.69 Å². The van der Waals surface area contributed by atoms with Crippen molar-refractivity contribution in [1.29, 1.82) is 0 Å². The van der Waals surface area contributed by atoms with Gasteiger partial charge in [-0.2, -0.15) is 0 Å². The molecule has 0 aliphatic carbocycles. The normalized spacial score (nSPS) is 16.3. The van der Waals surface area contributed by atoms with Gasteiger partial charge in [-0.1, -0.05) is 18.2 Å². The number of anilines is 1. The predicted octanol–water partition coefficient (Wildman–Crippen LogP) is 3.12. The highest BCUT2D eigenvalue weighted by Gasteiger charge is 2.25. The van der Waals surface area contributed by atoms with Gasteiger partial charge in [-0.15, -0.1) is 0 Å². The van der Waals surface area contributed by atoms with Crippen LogP contribution >= 0.6 is 0 Å². The highest BCUT2D eigenvalue weighted by molar-refractivity contribution is 5.96. The summed E-state index contributed by atoms with van der Waals surface area (Å²) in [5, 5.41) is 3.48. The number of carbonyl (C=O) groups excluding carboxylic acids is 1. The van der Waals surface area contributed by atoms with Gasteiger partial charge in [0.1, 0.15) is 11.2 Å². The summed E-state index contributed by atoms with van der Waals surface area (Å²) in [5.74, 6) is -0.320. The molecule has 4 rings (SSSR count). The molecule has 1 atom stereocenters. The molecule has 6 nitrogen and oxygen atoms in total. The third kappa shape index (κ3) is 3.75. The maximum atomic E-state index is 12.9. The van der Waals surface area contributed by atoms with Crippen molar-refractivity contribution in [3.8, 4) is 0 Å². The zero-order valence-corrected chi connectivity index (χ0v) is 16.9. The Balaban J connectivity index is 1.56. The molecule has 6 heteroatoms. The topological polar surface area (TPSA) is 67.2 Å². The van der Waals surface area contributed by atoms with Crippen LogP contribution in [0.15, 0.2) is 53.5 Å². The van der Waals surface area contributed by atoms with E-state index in [-0.39, 0.29) is 22.9 Å². The molecule has 1 aliphatic heterocycles. The fourth-order valence-corrected chi connectivity index (χ4v) is 4.08. The molecule has 29 heavy (non-hydrogen) atoms. The number of carbonyl (C=O) groups is 1. The lowest BCUT2D eigenvalue weighted by Crippen LogP contribution is -2.41. The van der Waals surface area contributed by atoms with E-state index < -0.39 is 0 Å². The maximum absolute atomic E-state index is 12.9. The second kappa shape index (κ2) is 8.07. The van der Waals surface area contributed by atoms with E-state index in [1.54, 1.807) is 12.3 Å². The monoisotopic (exact) mass is 390 g/mol. The SMILES string of the molecule is CCn1cc(C(=O)NCC2CCCN2c2ccccc2)c(=O)c2ccc(C)nc21. The van der Waals surface area contributed by atoms with Gasteiger partial charge in [-0.25, -0.2) is 4.98 Å². The Morgan fingerprint density at radius 3 is 2.76 bits per heavy atom. The van der Waals surface area contributed by atoms with Crippen LogP contribution in [0, 0.1) is 6.92 Å². The Morgan fingerprint density at radius 2 is 2.00 bits per heavy atom. The quantitative estimate of drug-likeness (QED) is 0.727. The second-order valence-electron chi connectivity index (χ2n) is 7.52. The first-order valence-corrected chi connectivity index (χ1v) is 10.2. The molecule has 3 aromatic rings. The first-order valence-electron chi connectivity index (χ1n) is 10.2. The Labute approximate surface area is 170 Å². The molecule has 1 fully saturated rings. The van der Waals surface area contributed by atoms with E-state index in [2.05, 4.69) is 27.3 Å². The fourth-order valence-electron chi connectivity index (χ4n) is 4.08. The molecule has 1 unspecified atom stereocenters. The molecule has 1 aliphatic rings. The lowest BCUT2D eigenvalue weighted by atomic mass is 10.1. The lowest BCUT2D eigenvalue weighted by Gasteiger charge is -2.27. The summed E-state index contributed by atoms with van der Waals surface area (Å²) in [7, 11) is 0. The Morgan fingerprint density at radius 1 is 1.21 bits per heavy atom. The van der Waals surface area contributed by atoms with Gasteiger partial charge in [0, 0.05) is 43.3 Å². The zero-order valence-electron chi connectivity index (χ0n) is 16.9. The van der Waals surface area contributed by atoms with Crippen molar-refractivity contribution >= 4 is 22.6 Å². The van der Waals surface area contributed by atoms with E-state index >= 15 is 0 Å². The second-order valence-corrected chi connectivity index (χ2v) is 7.52. The van der Waals surface area contributed by atoms with Gasteiger partial charge in [0.15, 0.2) is 0 Å². The molecular weight excluding hydrogens is 364 g/mol. The van der Waals surface area contributed by atoms with Gasteiger partial charge in [0.05, 0.1) is 5.39 Å². The largest absolute Gasteiger partial charge is 0.367 e. The van der Waals surface area contributed by atoms with Gasteiger partial charge < -0.3 is 14.8 Å². The van der Waals surface area contributed by atoms with Crippen molar-refractivity contribution in [3.05, 3.63) is 70.1 Å². The average Bonchev–Trinajstić information content (AvgIpc) is 3.21. The molecule has 1 aromatic carbocycles. The summed E-state index contributed by atoms with van der Waals surface area (Å²) in [6, 6.07) is 14.1. The van der Waals surface area contributed by atoms with Crippen LogP contribution in [0.1, 0.15) is 35.8 Å². The number of nitrogens with zero attached hydrogens (tertiary/aromatic N) is 3. The zero-order chi connectivity index (χ0) is 20.4. The molecule has 1 N–H and O–H groups in total. The summed E-state index contributed by atoms with van der Waals surface area (Å²) in [5.41, 5.74) is 2.55. The molecule has 2 aromatic heterocycles. The van der Waals surface area contributed by atoms with Crippen molar-refractivity contribution in [2.24, 2.45) is 0 Å². The van der Waals surface area contributed by atoms with Crippen LogP contribution in [0.3, 0.4) is 0 Å². The van der Waals surface area contributed by atoms with Crippen molar-refractivity contribution in [3.63, 3.8) is 0 Å². The first kappa shape index (κ1) is 19.2. The van der Waals surface area contributed by atoms with Crippen LogP contribution < -0.4 is 15.6 Å². The van der Waals surface area contributed by atoms with Gasteiger partial charge in [0.2, 0.25) is 5.43 Å². The van der Waals surface area contributed by atoms with E-state index in [0.29, 0.717) is 24.1 Å². The van der Waals surface area contributed by atoms with E-state index in [4.69, 9.17) is 0 Å². The van der Waals surface area contributed by atoms with Crippen molar-refractivity contribution in [1.82, 2.24) is 14.9 Å². The number of para-hydroxylation sites is 1. The standard InChI is InChI=1S/C23H26N4O2/c1-3-26-15-20(21(28)19-12-11-16(2)25-22(19)26)23(29)24-14-18-10-7-13-27(18)17-8-5-4-6-9-17/h4-6,8-9,11-12,15,18H,3,7,10,13-14H2,1-2H3,(H,24,29). The molecular formula is C23H26N4O2. The highest BCUT2D eigenvalue weighted by atomic mass is 16.2. The summed E-state index contributed by atoms with van der Waals surface area (Å²) in [6.07, 6.45) is 3.75. The van der Waals surface area contributed by atoms with Crippen molar-refractivity contribution < 1.29 is 4.79 Å². The van der Waals surface area contributed by atoms with Crippen LogP contribution in [-0.4, -0.2) is 34.6 Å². The average molecular weight is 390 g/mol. The molecule has 1 saturated heterocycles. The summed E-state index contributed by atoms with van der Waals surface area (Å²) < 4.78 is 1.87. The van der Waals surface area contributed by atoms with Crippen LogP contribution in [0.2, 0.25) is 0 Å². The minimum Gasteiger partial charge on any atom is -0.367 e. The number of benzene rings is 1. The van der Waals surface area contributed by atoms with E-state index in [1.165, 1.54) is 5.69 Å². The molecule has 0 bridgehead atoms. The minimum atomic E-state index is -0.320. The lowest BCUT2D eigenvalue weighted by molar-refractivity contribution is 0.0949. The molecule has 0 spiro atoms. The number of fused-ring (bicyclic) bond motifs is 1. The number of nitrogens with one attached hydrogen (secondary N) is 1. The fraction of sp³-hybridized carbons (Fsp3) is 0.348. The summed E-state index contributed by atoms with van der Waals surface area (Å²) in [6.45, 7) is 6.01. The first-order chi connectivity index (χ1) is 14.1. The maximum Gasteiger partial charge on any atom is 0.256 e. The summed E-state index contributed by atoms with van der Waals surface area (Å²) in [4.78, 5) is 32.6. The summed E-state index contributed by atoms with van der Waals surface area (Å²) >= 11 is 0. The smallest absolute Gasteiger partial charge is 0.256 e. The Hall–Kier alpha value is -3.15. The molecule has 3 heterocycles. The number of rotatable bonds is 5.